The van der Waals surface area contributed by atoms with Crippen molar-refractivity contribution in [3.8, 4) is 0 Å². The van der Waals surface area contributed by atoms with Gasteiger partial charge in [-0.15, -0.1) is 0 Å². The van der Waals surface area contributed by atoms with E-state index in [4.69, 9.17) is 9.47 Å². The number of Topliss-reactive ketones (excluding diaryl/α,β-unsaturated/α-hetero) is 1. The summed E-state index contributed by atoms with van der Waals surface area (Å²) in [6, 6.07) is 13.5. The lowest BCUT2D eigenvalue weighted by atomic mass is 9.44. The number of anilines is 1. The predicted octanol–water partition coefficient (Wildman–Crippen LogP) is 4.73. The van der Waals surface area contributed by atoms with E-state index >= 15 is 8.78 Å². The monoisotopic (exact) mass is 914 g/mol. The van der Waals surface area contributed by atoms with E-state index in [1.165, 1.54) is 37.8 Å². The van der Waals surface area contributed by atoms with E-state index in [2.05, 4.69) is 22.5 Å². The van der Waals surface area contributed by atoms with Crippen molar-refractivity contribution < 1.29 is 57.2 Å². The number of ether oxygens (including phenoxy) is 2. The van der Waals surface area contributed by atoms with E-state index in [-0.39, 0.29) is 37.8 Å². The smallest absolute Gasteiger partial charge is 0.253 e. The normalized spacial score (nSPS) is 34.2. The molecule has 6 aliphatic rings. The number of imide groups is 1. The molecule has 0 radical (unpaired) electrons. The maximum absolute atomic E-state index is 17.7. The van der Waals surface area contributed by atoms with Crippen molar-refractivity contribution in [2.45, 2.75) is 111 Å². The summed E-state index contributed by atoms with van der Waals surface area (Å²) in [5.41, 5.74) is -5.07. The molecule has 65 heavy (non-hydrogen) atoms. The fourth-order valence-corrected chi connectivity index (χ4v) is 11.9. The van der Waals surface area contributed by atoms with Gasteiger partial charge in [0.05, 0.1) is 18.2 Å². The largest absolute Gasteiger partial charge is 0.390 e. The summed E-state index contributed by atoms with van der Waals surface area (Å²) < 4.78 is 46.8. The molecule has 0 aromatic heterocycles. The third kappa shape index (κ3) is 7.68. The number of halogens is 2. The fraction of sp³-hybridized carbons (Fsp3) is 0.458. The van der Waals surface area contributed by atoms with E-state index in [0.29, 0.717) is 11.3 Å². The third-order valence-electron chi connectivity index (χ3n) is 14.6. The Hall–Kier alpha value is -5.33. The Labute approximate surface area is 378 Å². The van der Waals surface area contributed by atoms with Gasteiger partial charge in [-0.2, -0.15) is 0 Å². The summed E-state index contributed by atoms with van der Waals surface area (Å²) in [5.74, 6) is -4.69. The number of alkyl halides is 2. The van der Waals surface area contributed by atoms with Gasteiger partial charge < -0.3 is 35.6 Å². The molecule has 5 N–H and O–H groups in total. The molecule has 12 atom stereocenters. The fourth-order valence-electron chi connectivity index (χ4n) is 11.1. The molecule has 344 valence electrons. The molecule has 8 rings (SSSR count). The first-order valence-corrected chi connectivity index (χ1v) is 22.5. The van der Waals surface area contributed by atoms with Gasteiger partial charge in [0.2, 0.25) is 11.8 Å². The summed E-state index contributed by atoms with van der Waals surface area (Å²) in [6.45, 7) is 9.61. The van der Waals surface area contributed by atoms with E-state index < -0.39 is 112 Å². The van der Waals surface area contributed by atoms with Gasteiger partial charge in [-0.25, -0.2) is 8.78 Å². The lowest BCUT2D eigenvalue weighted by Gasteiger charge is -2.63. The Morgan fingerprint density at radius 2 is 1.58 bits per heavy atom. The molecular weight excluding hydrogens is 863 g/mol. The van der Waals surface area contributed by atoms with Crippen molar-refractivity contribution in [3.05, 3.63) is 102 Å². The van der Waals surface area contributed by atoms with Gasteiger partial charge in [0, 0.05) is 68.6 Å². The van der Waals surface area contributed by atoms with Gasteiger partial charge in [0.15, 0.2) is 29.1 Å². The molecule has 0 spiro atoms. The highest BCUT2D eigenvalue weighted by Crippen LogP contribution is 2.72. The minimum Gasteiger partial charge on any atom is -0.390 e. The van der Waals surface area contributed by atoms with Gasteiger partial charge in [0.1, 0.15) is 18.8 Å². The molecule has 0 bridgehead atoms. The lowest BCUT2D eigenvalue weighted by molar-refractivity contribution is -0.235. The number of allylic oxidation sites excluding steroid dienone is 4. The number of rotatable bonds is 14. The minimum absolute atomic E-state index is 0.00812. The molecule has 2 aromatic rings. The second kappa shape index (κ2) is 17.1. The maximum Gasteiger partial charge on any atom is 0.253 e. The first-order chi connectivity index (χ1) is 30.7. The molecular formula is C48H52F2N4O10S. The quantitative estimate of drug-likeness (QED) is 0.164. The summed E-state index contributed by atoms with van der Waals surface area (Å²) in [7, 11) is 0. The van der Waals surface area contributed by atoms with Crippen LogP contribution in [0.1, 0.15) is 65.2 Å². The van der Waals surface area contributed by atoms with Crippen molar-refractivity contribution in [2.75, 3.05) is 18.5 Å². The van der Waals surface area contributed by atoms with Crippen LogP contribution < -0.4 is 16.0 Å². The first-order valence-electron chi connectivity index (χ1n) is 21.7. The number of ketones is 2. The maximum atomic E-state index is 17.7. The zero-order valence-electron chi connectivity index (χ0n) is 36.3. The van der Waals surface area contributed by atoms with Gasteiger partial charge in [-0.05, 0) is 100 Å². The van der Waals surface area contributed by atoms with Crippen LogP contribution >= 0.6 is 11.8 Å². The van der Waals surface area contributed by atoms with Crippen LogP contribution in [0.2, 0.25) is 0 Å². The summed E-state index contributed by atoms with van der Waals surface area (Å²) in [6.07, 6.45) is 0.273. The SMILES string of the molecule is C=C(Nc1ccc(Sc2ccc([C@@H]3O[C@@H]4C[C@H]5[C@@H]6C[C@H](F)C7=CC(=O)C=C[C@]7(C)[C@@]6(F)[C@@H](O)C[C@]5(C)[C@]4(C(=O)CO)O3)cc2)cc1)[C@H](C)NC(=O)[C@H](C)NC(=O)CCN1C(=O)C=CC1=O. The van der Waals surface area contributed by atoms with E-state index in [1.807, 2.05) is 48.5 Å². The highest BCUT2D eigenvalue weighted by atomic mass is 32.2. The molecule has 2 heterocycles. The van der Waals surface area contributed by atoms with Crippen molar-refractivity contribution in [3.63, 3.8) is 0 Å². The van der Waals surface area contributed by atoms with Gasteiger partial charge in [-0.3, -0.25) is 33.7 Å². The summed E-state index contributed by atoms with van der Waals surface area (Å²) >= 11 is 1.49. The number of fused-ring (bicyclic) bond motifs is 7. The number of carbonyl (C=O) groups excluding carboxylic acids is 6. The van der Waals surface area contributed by atoms with Crippen molar-refractivity contribution in [1.29, 1.82) is 0 Å². The van der Waals surface area contributed by atoms with Crippen LogP contribution in [-0.2, 0) is 38.2 Å². The summed E-state index contributed by atoms with van der Waals surface area (Å²) in [4.78, 5) is 77.5. The average Bonchev–Trinajstić information content (AvgIpc) is 3.90. The molecule has 1 saturated heterocycles. The highest BCUT2D eigenvalue weighted by Gasteiger charge is 2.80. The molecule has 17 heteroatoms. The number of carbonyl (C=O) groups is 6. The lowest BCUT2D eigenvalue weighted by Crippen LogP contribution is -2.70. The van der Waals surface area contributed by atoms with Crippen LogP contribution in [0.25, 0.3) is 0 Å². The number of hydrogen-bond donors (Lipinski definition) is 5. The molecule has 2 aromatic carbocycles. The first kappa shape index (κ1) is 46.2. The zero-order chi connectivity index (χ0) is 46.8. The minimum atomic E-state index is -2.34. The molecule has 4 amide bonds. The van der Waals surface area contributed by atoms with Crippen molar-refractivity contribution >= 4 is 52.6 Å². The Kier molecular flexibility index (Phi) is 12.2. The Balaban J connectivity index is 0.866. The number of aliphatic hydroxyl groups is 2. The van der Waals surface area contributed by atoms with Gasteiger partial charge in [0.25, 0.3) is 11.8 Å². The number of amides is 4. The van der Waals surface area contributed by atoms with Crippen LogP contribution in [0.3, 0.4) is 0 Å². The van der Waals surface area contributed by atoms with Crippen LogP contribution in [0.5, 0.6) is 0 Å². The van der Waals surface area contributed by atoms with E-state index in [1.54, 1.807) is 13.8 Å². The Morgan fingerprint density at radius 3 is 2.23 bits per heavy atom. The van der Waals surface area contributed by atoms with Crippen molar-refractivity contribution in [2.24, 2.45) is 22.7 Å². The van der Waals surface area contributed by atoms with Gasteiger partial charge in [-0.1, -0.05) is 43.5 Å². The zero-order valence-corrected chi connectivity index (χ0v) is 37.2. The Morgan fingerprint density at radius 1 is 0.938 bits per heavy atom. The predicted molar refractivity (Wildman–Crippen MR) is 233 cm³/mol. The number of nitrogens with zero attached hydrogens (tertiary/aromatic N) is 1. The van der Waals surface area contributed by atoms with Crippen LogP contribution in [0.15, 0.2) is 107 Å². The molecule has 14 nitrogen and oxygen atoms in total. The highest BCUT2D eigenvalue weighted by molar-refractivity contribution is 7.99. The molecule has 3 saturated carbocycles. The molecule has 2 aliphatic heterocycles. The number of hydrogen-bond acceptors (Lipinski definition) is 12. The molecule has 4 aliphatic carbocycles. The number of aliphatic hydroxyl groups excluding tert-OH is 2. The second-order valence-electron chi connectivity index (χ2n) is 18.3. The topological polar surface area (TPSA) is 201 Å². The summed E-state index contributed by atoms with van der Waals surface area (Å²) in [5, 5.41) is 30.7. The number of nitrogens with one attached hydrogen (secondary N) is 3. The second-order valence-corrected chi connectivity index (χ2v) is 19.4. The van der Waals surface area contributed by atoms with Crippen LogP contribution in [0, 0.1) is 22.7 Å². The molecule has 4 fully saturated rings. The number of benzene rings is 2. The molecule has 0 unspecified atom stereocenters. The van der Waals surface area contributed by atoms with Crippen LogP contribution in [0.4, 0.5) is 14.5 Å². The van der Waals surface area contributed by atoms with Crippen LogP contribution in [-0.4, -0.2) is 105 Å². The van der Waals surface area contributed by atoms with E-state index in [0.717, 1.165) is 38.6 Å². The van der Waals surface area contributed by atoms with Crippen molar-refractivity contribution in [1.82, 2.24) is 15.5 Å². The van der Waals surface area contributed by atoms with Gasteiger partial charge >= 0.3 is 0 Å². The Bertz CT molecular complexity index is 2410. The third-order valence-corrected chi connectivity index (χ3v) is 15.6. The standard InChI is InChI=1S/C48H52F2N4O10S/c1-25(26(2)53-43(62)27(3)52-40(59)17-19-54-41(60)14-15-42(54)61)51-29-8-12-32(13-9-29)65-31-10-6-28(7-11-31)44-63-39-22-33-34-21-36(49)35-20-30(56)16-18-45(35,4)47(34,50)37(57)23-46(33,5)48(39,64-44)38(58)24-55/h6-16,18,20,26-27,33-34,36-37,39,44,51,55,57H,1,17,19,21-24H2,2-5H3,(H,52,59)(H,53,62)/t26-,27-,33-,34-,36-,37-,39+,44+,45-,46-,47-,48+/m0/s1. The average molecular weight is 915 g/mol. The van der Waals surface area contributed by atoms with E-state index in [9.17, 15) is 39.0 Å².